The maximum absolute atomic E-state index is 12.1. The van der Waals surface area contributed by atoms with Crippen molar-refractivity contribution in [2.45, 2.75) is 12.8 Å². The Morgan fingerprint density at radius 1 is 1.45 bits per heavy atom. The van der Waals surface area contributed by atoms with E-state index in [9.17, 15) is 4.79 Å². The van der Waals surface area contributed by atoms with Gasteiger partial charge in [0.2, 0.25) is 5.91 Å². The minimum atomic E-state index is 0. The smallest absolute Gasteiger partial charge is 0.240 e. The van der Waals surface area contributed by atoms with E-state index >= 15 is 0 Å². The number of benzene rings is 1. The van der Waals surface area contributed by atoms with Gasteiger partial charge < -0.3 is 11.1 Å². The number of fused-ring (bicyclic) bond motifs is 1. The third kappa shape index (κ3) is 4.16. The maximum atomic E-state index is 12.1. The minimum absolute atomic E-state index is 0. The molecule has 0 saturated carbocycles. The Kier molecular flexibility index (Phi) is 6.14. The van der Waals surface area contributed by atoms with E-state index in [4.69, 9.17) is 5.73 Å². The number of nitrogens with zero attached hydrogens (tertiary/aromatic N) is 2. The molecule has 1 aliphatic heterocycles. The highest BCUT2D eigenvalue weighted by atomic mass is 35.5. The molecular formula is C15H21ClN4OS. The summed E-state index contributed by atoms with van der Waals surface area (Å²) in [5, 5.41) is 3.58. The molecule has 0 aliphatic carbocycles. The van der Waals surface area contributed by atoms with Crippen LogP contribution in [-0.4, -0.2) is 42.0 Å². The molecular weight excluding hydrogens is 320 g/mol. The monoisotopic (exact) mass is 340 g/mol. The minimum Gasteiger partial charge on any atom is -0.330 e. The molecule has 0 radical (unpaired) electrons. The molecule has 3 N–H and O–H groups in total. The van der Waals surface area contributed by atoms with E-state index in [1.807, 2.05) is 24.3 Å². The molecule has 22 heavy (non-hydrogen) atoms. The second-order valence-corrected chi connectivity index (χ2v) is 6.54. The lowest BCUT2D eigenvalue weighted by atomic mass is 9.98. The van der Waals surface area contributed by atoms with Crippen LogP contribution in [0.1, 0.15) is 12.8 Å². The van der Waals surface area contributed by atoms with E-state index in [1.165, 1.54) is 17.8 Å². The van der Waals surface area contributed by atoms with Gasteiger partial charge in [0.1, 0.15) is 0 Å². The molecule has 1 fully saturated rings. The summed E-state index contributed by atoms with van der Waals surface area (Å²) in [5.74, 6) is 0.528. The van der Waals surface area contributed by atoms with Gasteiger partial charge in [-0.15, -0.1) is 12.4 Å². The third-order valence-electron chi connectivity index (χ3n) is 3.84. The number of aromatic nitrogens is 1. The highest BCUT2D eigenvalue weighted by molar-refractivity contribution is 7.22. The number of nitrogens with one attached hydrogen (secondary N) is 1. The van der Waals surface area contributed by atoms with E-state index in [0.717, 1.165) is 29.7 Å². The summed E-state index contributed by atoms with van der Waals surface area (Å²) >= 11 is 1.51. The summed E-state index contributed by atoms with van der Waals surface area (Å²) in [5.41, 5.74) is 6.66. The van der Waals surface area contributed by atoms with E-state index in [-0.39, 0.29) is 18.3 Å². The van der Waals surface area contributed by atoms with Gasteiger partial charge in [-0.05, 0) is 44.0 Å². The molecule has 2 heterocycles. The molecule has 1 atom stereocenters. The summed E-state index contributed by atoms with van der Waals surface area (Å²) in [6.45, 7) is 3.02. The first-order valence-corrected chi connectivity index (χ1v) is 8.14. The number of hydrogen-bond acceptors (Lipinski definition) is 5. The van der Waals surface area contributed by atoms with Gasteiger partial charge in [-0.3, -0.25) is 9.69 Å². The number of carbonyl (C=O) groups is 1. The van der Waals surface area contributed by atoms with E-state index < -0.39 is 0 Å². The van der Waals surface area contributed by atoms with Crippen LogP contribution in [0.5, 0.6) is 0 Å². The van der Waals surface area contributed by atoms with Crippen molar-refractivity contribution in [2.75, 3.05) is 31.5 Å². The highest BCUT2D eigenvalue weighted by Gasteiger charge is 2.20. The van der Waals surface area contributed by atoms with Gasteiger partial charge in [0.05, 0.1) is 16.8 Å². The molecule has 1 saturated heterocycles. The SMILES string of the molecule is Cl.NCC1CCCN(CC(=O)Nc2nc3ccccc3s2)C1. The predicted molar refractivity (Wildman–Crippen MR) is 93.7 cm³/mol. The van der Waals surface area contributed by atoms with Crippen LogP contribution in [0.25, 0.3) is 10.2 Å². The van der Waals surface area contributed by atoms with Gasteiger partial charge in [0, 0.05) is 6.54 Å². The van der Waals surface area contributed by atoms with Crippen molar-refractivity contribution in [1.29, 1.82) is 0 Å². The highest BCUT2D eigenvalue weighted by Crippen LogP contribution is 2.25. The first-order valence-electron chi connectivity index (χ1n) is 7.32. The van der Waals surface area contributed by atoms with Crippen molar-refractivity contribution in [3.63, 3.8) is 0 Å². The standard InChI is InChI=1S/C15H20N4OS.ClH/c16-8-11-4-3-7-19(9-11)10-14(20)18-15-17-12-5-1-2-6-13(12)21-15;/h1-2,5-6,11H,3-4,7-10,16H2,(H,17,18,20);1H. The molecule has 1 aromatic carbocycles. The number of hydrogen-bond donors (Lipinski definition) is 2. The lowest BCUT2D eigenvalue weighted by Crippen LogP contribution is -2.42. The zero-order chi connectivity index (χ0) is 14.7. The average molecular weight is 341 g/mol. The number of rotatable bonds is 4. The second-order valence-electron chi connectivity index (χ2n) is 5.51. The van der Waals surface area contributed by atoms with Gasteiger partial charge in [-0.1, -0.05) is 23.5 Å². The molecule has 0 bridgehead atoms. The zero-order valence-electron chi connectivity index (χ0n) is 12.3. The summed E-state index contributed by atoms with van der Waals surface area (Å²) in [4.78, 5) is 18.7. The summed E-state index contributed by atoms with van der Waals surface area (Å²) in [6.07, 6.45) is 2.29. The first-order chi connectivity index (χ1) is 10.2. The van der Waals surface area contributed by atoms with Crippen LogP contribution in [0.15, 0.2) is 24.3 Å². The van der Waals surface area contributed by atoms with Crippen molar-refractivity contribution < 1.29 is 4.79 Å². The number of carbonyl (C=O) groups excluding carboxylic acids is 1. The predicted octanol–water partition coefficient (Wildman–Crippen LogP) is 2.33. The number of para-hydroxylation sites is 1. The number of thiazole rings is 1. The van der Waals surface area contributed by atoms with Crippen LogP contribution in [0.3, 0.4) is 0 Å². The van der Waals surface area contributed by atoms with Crippen molar-refractivity contribution in [1.82, 2.24) is 9.88 Å². The zero-order valence-corrected chi connectivity index (χ0v) is 14.0. The molecule has 1 aromatic heterocycles. The average Bonchev–Trinajstić information content (AvgIpc) is 2.89. The molecule has 120 valence electrons. The number of piperidine rings is 1. The molecule has 2 aromatic rings. The normalized spacial score (nSPS) is 18.9. The lowest BCUT2D eigenvalue weighted by Gasteiger charge is -2.31. The van der Waals surface area contributed by atoms with E-state index in [0.29, 0.717) is 24.1 Å². The molecule has 5 nitrogen and oxygen atoms in total. The molecule has 1 amide bonds. The fraction of sp³-hybridized carbons (Fsp3) is 0.467. The van der Waals surface area contributed by atoms with Gasteiger partial charge in [-0.2, -0.15) is 0 Å². The van der Waals surface area contributed by atoms with Crippen molar-refractivity contribution in [2.24, 2.45) is 11.7 Å². The lowest BCUT2D eigenvalue weighted by molar-refractivity contribution is -0.117. The van der Waals surface area contributed by atoms with Gasteiger partial charge in [0.15, 0.2) is 5.13 Å². The van der Waals surface area contributed by atoms with E-state index in [1.54, 1.807) is 0 Å². The number of nitrogens with two attached hydrogens (primary N) is 1. The largest absolute Gasteiger partial charge is 0.330 e. The summed E-state index contributed by atoms with van der Waals surface area (Å²) in [6, 6.07) is 7.90. The number of likely N-dealkylation sites (tertiary alicyclic amines) is 1. The van der Waals surface area contributed by atoms with Crippen LogP contribution in [-0.2, 0) is 4.79 Å². The molecule has 3 rings (SSSR count). The van der Waals surface area contributed by atoms with Crippen molar-refractivity contribution in [3.8, 4) is 0 Å². The summed E-state index contributed by atoms with van der Waals surface area (Å²) in [7, 11) is 0. The van der Waals surface area contributed by atoms with Gasteiger partial charge >= 0.3 is 0 Å². The first kappa shape index (κ1) is 17.1. The van der Waals surface area contributed by atoms with Crippen LogP contribution < -0.4 is 11.1 Å². The number of halogens is 1. The van der Waals surface area contributed by atoms with Gasteiger partial charge in [-0.25, -0.2) is 4.98 Å². The Morgan fingerprint density at radius 2 is 2.27 bits per heavy atom. The van der Waals surface area contributed by atoms with Crippen molar-refractivity contribution >= 4 is 45.0 Å². The van der Waals surface area contributed by atoms with Crippen LogP contribution >= 0.6 is 23.7 Å². The Labute approximate surface area is 140 Å². The fourth-order valence-corrected chi connectivity index (χ4v) is 3.66. The Hall–Kier alpha value is -1.21. The van der Waals surface area contributed by atoms with Crippen molar-refractivity contribution in [3.05, 3.63) is 24.3 Å². The maximum Gasteiger partial charge on any atom is 0.240 e. The fourth-order valence-electron chi connectivity index (χ4n) is 2.77. The van der Waals surface area contributed by atoms with Crippen LogP contribution in [0, 0.1) is 5.92 Å². The number of amides is 1. The third-order valence-corrected chi connectivity index (χ3v) is 4.80. The Bertz CT molecular complexity index is 600. The van der Waals surface area contributed by atoms with Gasteiger partial charge in [0.25, 0.3) is 0 Å². The molecule has 0 spiro atoms. The molecule has 1 aliphatic rings. The Balaban J connectivity index is 0.00000176. The van der Waals surface area contributed by atoms with Crippen LogP contribution in [0.4, 0.5) is 5.13 Å². The van der Waals surface area contributed by atoms with Crippen LogP contribution in [0.2, 0.25) is 0 Å². The number of anilines is 1. The molecule has 7 heteroatoms. The van der Waals surface area contributed by atoms with E-state index in [2.05, 4.69) is 15.2 Å². The molecule has 1 unspecified atom stereocenters. The quantitative estimate of drug-likeness (QED) is 0.896. The second kappa shape index (κ2) is 7.87. The summed E-state index contributed by atoms with van der Waals surface area (Å²) < 4.78 is 1.09. The Morgan fingerprint density at radius 3 is 3.05 bits per heavy atom. The topological polar surface area (TPSA) is 71.2 Å².